The number of hydrogen-bond donors (Lipinski definition) is 1. The van der Waals surface area contributed by atoms with Crippen molar-refractivity contribution in [1.29, 1.82) is 0 Å². The summed E-state index contributed by atoms with van der Waals surface area (Å²) in [5.74, 6) is -0.0945. The summed E-state index contributed by atoms with van der Waals surface area (Å²) >= 11 is 1.74. The van der Waals surface area contributed by atoms with Gasteiger partial charge in [-0.2, -0.15) is 0 Å². The lowest BCUT2D eigenvalue weighted by atomic mass is 9.53. The Morgan fingerprint density at radius 1 is 1.18 bits per heavy atom. The molecule has 0 heterocycles. The van der Waals surface area contributed by atoms with Gasteiger partial charge in [0.25, 0.3) is 0 Å². The van der Waals surface area contributed by atoms with E-state index in [0.717, 1.165) is 16.9 Å². The highest BCUT2D eigenvalue weighted by molar-refractivity contribution is 8.00. The number of benzene rings is 1. The van der Waals surface area contributed by atoms with Crippen molar-refractivity contribution in [3.63, 3.8) is 0 Å². The molecule has 2 rings (SSSR count). The van der Waals surface area contributed by atoms with E-state index < -0.39 is 23.2 Å². The molecule has 0 amide bonds. The van der Waals surface area contributed by atoms with Crippen molar-refractivity contribution in [2.75, 3.05) is 27.8 Å². The molecule has 0 spiro atoms. The van der Waals surface area contributed by atoms with Crippen LogP contribution in [0.5, 0.6) is 0 Å². The predicted molar refractivity (Wildman–Crippen MR) is 135 cm³/mol. The highest BCUT2D eigenvalue weighted by atomic mass is 32.2. The van der Waals surface area contributed by atoms with Crippen LogP contribution >= 0.6 is 11.8 Å². The Balaban J connectivity index is 2.72. The second-order valence-electron chi connectivity index (χ2n) is 9.02. The molecular weight excluding hydrogens is 436 g/mol. The topological polar surface area (TPSA) is 57.2 Å². The molecule has 1 saturated carbocycles. The van der Waals surface area contributed by atoms with Crippen molar-refractivity contribution in [2.24, 2.45) is 11.3 Å². The van der Waals surface area contributed by atoms with Crippen LogP contribution in [-0.4, -0.2) is 56.0 Å². The van der Waals surface area contributed by atoms with Gasteiger partial charge >= 0.3 is 0 Å². The fraction of sp³-hybridized carbons (Fsp3) is 0.556. The van der Waals surface area contributed by atoms with Gasteiger partial charge in [-0.25, -0.2) is 0 Å². The van der Waals surface area contributed by atoms with E-state index >= 15 is 0 Å². The van der Waals surface area contributed by atoms with Crippen LogP contribution in [0.15, 0.2) is 72.2 Å². The largest absolute Gasteiger partial charge is 0.382 e. The Bertz CT molecular complexity index is 797. The van der Waals surface area contributed by atoms with Crippen LogP contribution < -0.4 is 0 Å². The number of rotatable bonds is 13. The average Bonchev–Trinajstić information content (AvgIpc) is 2.79. The summed E-state index contributed by atoms with van der Waals surface area (Å²) in [5, 5.41) is 12.6. The van der Waals surface area contributed by atoms with Gasteiger partial charge in [0, 0.05) is 35.7 Å². The molecule has 1 fully saturated rings. The molecule has 0 aliphatic heterocycles. The van der Waals surface area contributed by atoms with Gasteiger partial charge in [0.1, 0.15) is 25.3 Å². The first-order valence-electron chi connectivity index (χ1n) is 11.3. The lowest BCUT2D eigenvalue weighted by Gasteiger charge is -2.61. The molecule has 6 atom stereocenters. The van der Waals surface area contributed by atoms with Crippen LogP contribution in [0, 0.1) is 11.3 Å². The van der Waals surface area contributed by atoms with E-state index in [0.29, 0.717) is 12.0 Å². The van der Waals surface area contributed by atoms with E-state index in [-0.39, 0.29) is 24.8 Å². The minimum absolute atomic E-state index is 0.0347. The standard InChI is InChI=1S/C27H40O5S/c1-9-13-23(31-17-29-7)26(6)24(33-21-14-11-10-12-15-21)16-22(19(2)3)25(32-18-30-8)27(26,28)20(4)5/h9-12,14-15,22-25,28H,1-2,4,13,16-18H2,3,5-8H3/t22-,23-,24+,25+,26-,27+/m0/s1. The van der Waals surface area contributed by atoms with Crippen molar-refractivity contribution in [3.05, 3.63) is 67.3 Å². The summed E-state index contributed by atoms with van der Waals surface area (Å²) < 4.78 is 22.9. The van der Waals surface area contributed by atoms with E-state index in [9.17, 15) is 5.11 Å². The third-order valence-electron chi connectivity index (χ3n) is 6.84. The number of ether oxygens (including phenoxy) is 4. The van der Waals surface area contributed by atoms with Gasteiger partial charge in [-0.15, -0.1) is 18.3 Å². The van der Waals surface area contributed by atoms with Gasteiger partial charge in [-0.05, 0) is 44.4 Å². The molecule has 1 aliphatic carbocycles. The summed E-state index contributed by atoms with van der Waals surface area (Å²) in [7, 11) is 3.17. The zero-order valence-corrected chi connectivity index (χ0v) is 21.5. The Kier molecular flexibility index (Phi) is 10.4. The van der Waals surface area contributed by atoms with Gasteiger partial charge in [0.15, 0.2) is 0 Å². The van der Waals surface area contributed by atoms with E-state index in [2.05, 4.69) is 38.8 Å². The Labute approximate surface area is 203 Å². The van der Waals surface area contributed by atoms with Gasteiger partial charge in [-0.3, -0.25) is 0 Å². The molecule has 184 valence electrons. The smallest absolute Gasteiger partial charge is 0.146 e. The first kappa shape index (κ1) is 27.8. The maximum Gasteiger partial charge on any atom is 0.146 e. The van der Waals surface area contributed by atoms with E-state index in [1.807, 2.05) is 38.1 Å². The number of hydrogen-bond acceptors (Lipinski definition) is 6. The van der Waals surface area contributed by atoms with Crippen LogP contribution in [0.2, 0.25) is 0 Å². The van der Waals surface area contributed by atoms with Crippen LogP contribution in [0.25, 0.3) is 0 Å². The van der Waals surface area contributed by atoms with Crippen molar-refractivity contribution >= 4 is 11.8 Å². The zero-order chi connectivity index (χ0) is 24.6. The molecule has 0 unspecified atom stereocenters. The van der Waals surface area contributed by atoms with Crippen LogP contribution in [0.4, 0.5) is 0 Å². The highest BCUT2D eigenvalue weighted by Crippen LogP contribution is 2.59. The number of aliphatic hydroxyl groups is 1. The third kappa shape index (κ3) is 5.64. The molecule has 0 bridgehead atoms. The molecule has 6 heteroatoms. The molecule has 33 heavy (non-hydrogen) atoms. The lowest BCUT2D eigenvalue weighted by Crippen LogP contribution is -2.70. The highest BCUT2D eigenvalue weighted by Gasteiger charge is 2.66. The summed E-state index contributed by atoms with van der Waals surface area (Å²) in [6.45, 7) is 18.5. The minimum atomic E-state index is -1.43. The average molecular weight is 477 g/mol. The molecule has 1 N–H and O–H groups in total. The Hall–Kier alpha value is -1.41. The number of thioether (sulfide) groups is 1. The Morgan fingerprint density at radius 2 is 1.82 bits per heavy atom. The second-order valence-corrected chi connectivity index (χ2v) is 10.3. The lowest BCUT2D eigenvalue weighted by molar-refractivity contribution is -0.248. The van der Waals surface area contributed by atoms with Gasteiger partial charge in [0.05, 0.1) is 6.10 Å². The summed E-state index contributed by atoms with van der Waals surface area (Å²) in [6.07, 6.45) is 2.13. The fourth-order valence-corrected chi connectivity index (χ4v) is 6.58. The fourth-order valence-electron chi connectivity index (χ4n) is 5.06. The van der Waals surface area contributed by atoms with Crippen LogP contribution in [-0.2, 0) is 18.9 Å². The monoisotopic (exact) mass is 476 g/mol. The van der Waals surface area contributed by atoms with Crippen molar-refractivity contribution in [2.45, 2.75) is 61.6 Å². The zero-order valence-electron chi connectivity index (χ0n) is 20.7. The summed E-state index contributed by atoms with van der Waals surface area (Å²) in [5.41, 5.74) is -0.655. The van der Waals surface area contributed by atoms with Crippen molar-refractivity contribution < 1.29 is 24.1 Å². The first-order valence-corrected chi connectivity index (χ1v) is 12.1. The van der Waals surface area contributed by atoms with E-state index in [1.165, 1.54) is 0 Å². The van der Waals surface area contributed by atoms with E-state index in [4.69, 9.17) is 18.9 Å². The van der Waals surface area contributed by atoms with Gasteiger partial charge in [-0.1, -0.05) is 49.9 Å². The number of methoxy groups -OCH3 is 2. The maximum atomic E-state index is 12.6. The molecule has 0 aromatic heterocycles. The third-order valence-corrected chi connectivity index (χ3v) is 8.35. The molecular formula is C27H40O5S. The molecule has 0 radical (unpaired) electrons. The molecule has 1 aromatic rings. The summed E-state index contributed by atoms with van der Waals surface area (Å²) in [6, 6.07) is 10.2. The van der Waals surface area contributed by atoms with Crippen LogP contribution in [0.1, 0.15) is 33.6 Å². The Morgan fingerprint density at radius 3 is 2.33 bits per heavy atom. The minimum Gasteiger partial charge on any atom is -0.382 e. The first-order chi connectivity index (χ1) is 15.7. The normalized spacial score (nSPS) is 30.5. The molecule has 1 aliphatic rings. The van der Waals surface area contributed by atoms with Gasteiger partial charge in [0.2, 0.25) is 0 Å². The van der Waals surface area contributed by atoms with E-state index in [1.54, 1.807) is 26.0 Å². The SMILES string of the molecule is C=CC[C@H](OCOC)[C@@]1(C)[C@H](Sc2ccccc2)C[C@@H](C(=C)C)[C@@H](OCOC)[C@]1(O)C(=C)C. The van der Waals surface area contributed by atoms with Crippen molar-refractivity contribution in [3.8, 4) is 0 Å². The molecule has 0 saturated heterocycles. The van der Waals surface area contributed by atoms with Gasteiger partial charge < -0.3 is 24.1 Å². The predicted octanol–water partition coefficient (Wildman–Crippen LogP) is 5.61. The van der Waals surface area contributed by atoms with Crippen molar-refractivity contribution in [1.82, 2.24) is 0 Å². The second kappa shape index (κ2) is 12.3. The molecule has 5 nitrogen and oxygen atoms in total. The quantitative estimate of drug-likeness (QED) is 0.295. The summed E-state index contributed by atoms with van der Waals surface area (Å²) in [4.78, 5) is 1.12. The molecule has 1 aromatic carbocycles. The van der Waals surface area contributed by atoms with Crippen LogP contribution in [0.3, 0.4) is 0 Å². The maximum absolute atomic E-state index is 12.6.